The van der Waals surface area contributed by atoms with Crippen LogP contribution >= 0.6 is 23.1 Å². The summed E-state index contributed by atoms with van der Waals surface area (Å²) in [7, 11) is 0. The average Bonchev–Trinajstić information content (AvgIpc) is 3.28. The highest BCUT2D eigenvalue weighted by atomic mass is 32.2. The average molecular weight is 457 g/mol. The molecule has 0 saturated carbocycles. The van der Waals surface area contributed by atoms with Crippen molar-refractivity contribution in [1.82, 2.24) is 4.98 Å². The normalized spacial score (nSPS) is 16.2. The van der Waals surface area contributed by atoms with Gasteiger partial charge < -0.3 is 9.47 Å². The van der Waals surface area contributed by atoms with Gasteiger partial charge >= 0.3 is 5.97 Å². The molecule has 160 valence electrons. The van der Waals surface area contributed by atoms with E-state index in [4.69, 9.17) is 9.47 Å². The third kappa shape index (κ3) is 4.42. The number of thiazole rings is 1. The first-order chi connectivity index (χ1) is 15.0. The highest BCUT2D eigenvalue weighted by Crippen LogP contribution is 2.38. The van der Waals surface area contributed by atoms with Gasteiger partial charge in [-0.15, -0.1) is 11.3 Å². The fourth-order valence-corrected chi connectivity index (χ4v) is 5.60. The number of aromatic nitrogens is 1. The largest absolute Gasteiger partial charge is 0.494 e. The summed E-state index contributed by atoms with van der Waals surface area (Å²) in [6.45, 7) is 4.52. The van der Waals surface area contributed by atoms with E-state index in [0.717, 1.165) is 20.3 Å². The molecule has 1 aliphatic heterocycles. The number of carbonyl (C=O) groups excluding carboxylic acids is 3. The second kappa shape index (κ2) is 9.07. The maximum atomic E-state index is 12.9. The fraction of sp³-hybridized carbons (Fsp3) is 0.273. The van der Waals surface area contributed by atoms with Crippen LogP contribution in [0.1, 0.15) is 30.6 Å². The number of ether oxygens (including phenoxy) is 2. The second-order valence-corrected chi connectivity index (χ2v) is 9.17. The second-order valence-electron chi connectivity index (χ2n) is 6.69. The minimum atomic E-state index is -0.538. The van der Waals surface area contributed by atoms with Gasteiger partial charge in [0.25, 0.3) is 0 Å². The molecule has 1 aromatic heterocycles. The summed E-state index contributed by atoms with van der Waals surface area (Å²) < 4.78 is 12.2. The molecule has 1 saturated heterocycles. The summed E-state index contributed by atoms with van der Waals surface area (Å²) in [5.74, 6) is -0.219. The Labute approximate surface area is 187 Å². The van der Waals surface area contributed by atoms with Crippen molar-refractivity contribution in [2.75, 3.05) is 18.1 Å². The zero-order valence-corrected chi connectivity index (χ0v) is 18.6. The molecule has 0 unspecified atom stereocenters. The Morgan fingerprint density at radius 3 is 2.65 bits per heavy atom. The molecule has 7 nitrogen and oxygen atoms in total. The summed E-state index contributed by atoms with van der Waals surface area (Å²) in [6, 6.07) is 12.0. The third-order valence-corrected chi connectivity index (χ3v) is 6.93. The van der Waals surface area contributed by atoms with Crippen molar-refractivity contribution in [1.29, 1.82) is 0 Å². The Balaban J connectivity index is 1.49. The van der Waals surface area contributed by atoms with Crippen LogP contribution in [0.15, 0.2) is 46.8 Å². The van der Waals surface area contributed by atoms with Gasteiger partial charge in [0, 0.05) is 6.42 Å². The first-order valence-electron chi connectivity index (χ1n) is 9.84. The van der Waals surface area contributed by atoms with E-state index < -0.39 is 11.2 Å². The Morgan fingerprint density at radius 1 is 1.16 bits per heavy atom. The minimum Gasteiger partial charge on any atom is -0.494 e. The summed E-state index contributed by atoms with van der Waals surface area (Å²) in [5, 5.41) is -0.538. The van der Waals surface area contributed by atoms with Crippen LogP contribution in [0.25, 0.3) is 10.2 Å². The summed E-state index contributed by atoms with van der Waals surface area (Å²) in [6.07, 6.45) is 0.100. The van der Waals surface area contributed by atoms with E-state index in [1.54, 1.807) is 31.2 Å². The Morgan fingerprint density at radius 2 is 1.94 bits per heavy atom. The van der Waals surface area contributed by atoms with Crippen LogP contribution in [-0.4, -0.2) is 41.2 Å². The molecule has 0 bridgehead atoms. The molecule has 3 aromatic rings. The van der Waals surface area contributed by atoms with Gasteiger partial charge in [-0.1, -0.05) is 11.8 Å². The van der Waals surface area contributed by atoms with E-state index in [-0.39, 0.29) is 24.8 Å². The molecule has 0 N–H and O–H groups in total. The molecule has 1 fully saturated rings. The first kappa shape index (κ1) is 21.3. The van der Waals surface area contributed by atoms with Crippen LogP contribution < -0.4 is 9.64 Å². The van der Waals surface area contributed by atoms with Gasteiger partial charge in [-0.25, -0.2) is 14.7 Å². The van der Waals surface area contributed by atoms with Crippen LogP contribution in [-0.2, 0) is 14.3 Å². The van der Waals surface area contributed by atoms with E-state index in [0.29, 0.717) is 17.9 Å². The number of rotatable bonds is 7. The first-order valence-corrected chi connectivity index (χ1v) is 11.5. The predicted molar refractivity (Wildman–Crippen MR) is 120 cm³/mol. The molecule has 2 aromatic carbocycles. The monoisotopic (exact) mass is 456 g/mol. The van der Waals surface area contributed by atoms with Crippen LogP contribution in [0.3, 0.4) is 0 Å². The number of hydrogen-bond donors (Lipinski definition) is 0. The van der Waals surface area contributed by atoms with Crippen LogP contribution in [0.2, 0.25) is 0 Å². The number of hydrogen-bond acceptors (Lipinski definition) is 8. The number of imide groups is 1. The van der Waals surface area contributed by atoms with Crippen molar-refractivity contribution in [3.63, 3.8) is 0 Å². The van der Waals surface area contributed by atoms with E-state index >= 15 is 0 Å². The Hall–Kier alpha value is -2.91. The van der Waals surface area contributed by atoms with E-state index in [1.165, 1.54) is 28.0 Å². The lowest BCUT2D eigenvalue weighted by Crippen LogP contribution is -2.31. The smallest absolute Gasteiger partial charge is 0.338 e. The van der Waals surface area contributed by atoms with Crippen molar-refractivity contribution in [2.24, 2.45) is 0 Å². The van der Waals surface area contributed by atoms with Gasteiger partial charge in [0.05, 0.1) is 34.7 Å². The molecule has 0 aliphatic carbocycles. The SMILES string of the molecule is CCOC(=O)c1ccc(N2C(=O)C[C@H](Sc3nc4ccc(OCC)cc4s3)C2=O)cc1. The minimum absolute atomic E-state index is 0.100. The molecule has 2 heterocycles. The van der Waals surface area contributed by atoms with Gasteiger partial charge in [0.15, 0.2) is 4.34 Å². The molecule has 1 atom stereocenters. The molecular weight excluding hydrogens is 436 g/mol. The highest BCUT2D eigenvalue weighted by Gasteiger charge is 2.40. The van der Waals surface area contributed by atoms with Crippen LogP contribution in [0.4, 0.5) is 5.69 Å². The molecule has 0 spiro atoms. The third-order valence-electron chi connectivity index (χ3n) is 4.64. The number of anilines is 1. The van der Waals surface area contributed by atoms with Gasteiger partial charge in [-0.05, 0) is 56.3 Å². The predicted octanol–water partition coefficient (Wildman–Crippen LogP) is 4.30. The molecule has 0 radical (unpaired) electrons. The van der Waals surface area contributed by atoms with E-state index in [2.05, 4.69) is 4.98 Å². The van der Waals surface area contributed by atoms with Gasteiger partial charge in [-0.3, -0.25) is 9.59 Å². The number of esters is 1. The quantitative estimate of drug-likeness (QED) is 0.387. The number of benzene rings is 2. The van der Waals surface area contributed by atoms with E-state index in [1.807, 2.05) is 25.1 Å². The topological polar surface area (TPSA) is 85.8 Å². The zero-order valence-electron chi connectivity index (χ0n) is 17.0. The number of carbonyl (C=O) groups is 3. The van der Waals surface area contributed by atoms with Crippen LogP contribution in [0, 0.1) is 0 Å². The lowest BCUT2D eigenvalue weighted by molar-refractivity contribution is -0.121. The van der Waals surface area contributed by atoms with Gasteiger partial charge in [0.1, 0.15) is 11.0 Å². The fourth-order valence-electron chi connectivity index (χ4n) is 3.24. The van der Waals surface area contributed by atoms with Crippen molar-refractivity contribution in [3.8, 4) is 5.75 Å². The molecule has 9 heteroatoms. The zero-order chi connectivity index (χ0) is 22.0. The molecule has 1 aliphatic rings. The number of thioether (sulfide) groups is 1. The molecular formula is C22H20N2O5S2. The van der Waals surface area contributed by atoms with Crippen molar-refractivity contribution >= 4 is 56.8 Å². The molecule has 4 rings (SSSR count). The highest BCUT2D eigenvalue weighted by molar-refractivity contribution is 8.02. The van der Waals surface area contributed by atoms with Gasteiger partial charge in [-0.2, -0.15) is 0 Å². The molecule has 2 amide bonds. The van der Waals surface area contributed by atoms with Crippen molar-refractivity contribution in [3.05, 3.63) is 48.0 Å². The summed E-state index contributed by atoms with van der Waals surface area (Å²) in [4.78, 5) is 43.1. The summed E-state index contributed by atoms with van der Waals surface area (Å²) >= 11 is 2.77. The molecule has 31 heavy (non-hydrogen) atoms. The Kier molecular flexibility index (Phi) is 6.24. The lowest BCUT2D eigenvalue weighted by Gasteiger charge is -2.15. The number of amides is 2. The maximum Gasteiger partial charge on any atom is 0.338 e. The van der Waals surface area contributed by atoms with Crippen LogP contribution in [0.5, 0.6) is 5.75 Å². The number of nitrogens with zero attached hydrogens (tertiary/aromatic N) is 2. The van der Waals surface area contributed by atoms with Crippen molar-refractivity contribution < 1.29 is 23.9 Å². The lowest BCUT2D eigenvalue weighted by atomic mass is 10.2. The van der Waals surface area contributed by atoms with Gasteiger partial charge in [0.2, 0.25) is 11.8 Å². The standard InChI is InChI=1S/C22H20N2O5S2/c1-3-28-15-9-10-16-17(11-15)30-22(23-16)31-18-12-19(25)24(20(18)26)14-7-5-13(6-8-14)21(27)29-4-2/h5-11,18H,3-4,12H2,1-2H3/t18-/m0/s1. The summed E-state index contributed by atoms with van der Waals surface area (Å²) in [5.41, 5.74) is 1.65. The van der Waals surface area contributed by atoms with E-state index in [9.17, 15) is 14.4 Å². The number of fused-ring (bicyclic) bond motifs is 1. The Bertz CT molecular complexity index is 1140. The van der Waals surface area contributed by atoms with Crippen molar-refractivity contribution in [2.45, 2.75) is 29.9 Å². The maximum absolute atomic E-state index is 12.9.